The second kappa shape index (κ2) is 7.78. The van der Waals surface area contributed by atoms with Gasteiger partial charge in [0.1, 0.15) is 11.6 Å². The molecular weight excluding hydrogens is 424 g/mol. The number of H-pyrrole nitrogens is 1. The fourth-order valence-electron chi connectivity index (χ4n) is 4.25. The summed E-state index contributed by atoms with van der Waals surface area (Å²) in [5.74, 6) is -2.28. The highest BCUT2D eigenvalue weighted by molar-refractivity contribution is 6.05. The Morgan fingerprint density at radius 3 is 2.45 bits per heavy atom. The number of hydrogen-bond acceptors (Lipinski definition) is 3. The highest BCUT2D eigenvalue weighted by Crippen LogP contribution is 2.42. The summed E-state index contributed by atoms with van der Waals surface area (Å²) < 4.78 is 28.9. The summed E-state index contributed by atoms with van der Waals surface area (Å²) in [6, 6.07) is 13.8. The van der Waals surface area contributed by atoms with Crippen molar-refractivity contribution in [3.05, 3.63) is 83.6 Å². The van der Waals surface area contributed by atoms with Crippen molar-refractivity contribution in [1.29, 1.82) is 0 Å². The van der Waals surface area contributed by atoms with Crippen molar-refractivity contribution < 1.29 is 18.7 Å². The molecule has 2 N–H and O–H groups in total. The fraction of sp³-hybridized carbons (Fsp3) is 0.115. The molecule has 0 unspecified atom stereocenters. The van der Waals surface area contributed by atoms with Crippen LogP contribution in [0.3, 0.4) is 0 Å². The number of fused-ring (bicyclic) bond motifs is 2. The maximum absolute atomic E-state index is 15.2. The number of aromatic carboxylic acids is 1. The van der Waals surface area contributed by atoms with Gasteiger partial charge in [-0.3, -0.25) is 5.10 Å². The molecule has 7 heteroatoms. The highest BCUT2D eigenvalue weighted by atomic mass is 19.1. The molecule has 0 atom stereocenters. The summed E-state index contributed by atoms with van der Waals surface area (Å²) in [6.07, 6.45) is 1.72. The lowest BCUT2D eigenvalue weighted by Crippen LogP contribution is -2.04. The number of carbonyl (C=O) groups is 1. The predicted molar refractivity (Wildman–Crippen MR) is 123 cm³/mol. The van der Waals surface area contributed by atoms with E-state index in [0.717, 1.165) is 39.0 Å². The average Bonchev–Trinajstić information content (AvgIpc) is 3.24. The van der Waals surface area contributed by atoms with E-state index in [2.05, 4.69) is 10.2 Å². The van der Waals surface area contributed by atoms with Crippen LogP contribution in [-0.4, -0.2) is 26.3 Å². The quantitative estimate of drug-likeness (QED) is 0.330. The molecule has 0 fully saturated rings. The summed E-state index contributed by atoms with van der Waals surface area (Å²) in [5, 5.41) is 18.0. The molecule has 0 saturated heterocycles. The third-order valence-electron chi connectivity index (χ3n) is 5.76. The topological polar surface area (TPSA) is 78.9 Å². The number of nitrogens with zero attached hydrogens (tertiary/aromatic N) is 2. The second-order valence-electron chi connectivity index (χ2n) is 8.24. The van der Waals surface area contributed by atoms with Crippen molar-refractivity contribution in [3.8, 4) is 22.4 Å². The number of aromatic nitrogens is 3. The maximum Gasteiger partial charge on any atom is 0.335 e. The van der Waals surface area contributed by atoms with Crippen LogP contribution in [0.2, 0.25) is 0 Å². The first-order valence-electron chi connectivity index (χ1n) is 10.4. The monoisotopic (exact) mass is 443 g/mol. The molecule has 0 spiro atoms. The number of rotatable bonds is 4. The number of halogens is 2. The van der Waals surface area contributed by atoms with E-state index in [9.17, 15) is 14.3 Å². The van der Waals surface area contributed by atoms with Crippen LogP contribution in [0.5, 0.6) is 0 Å². The molecule has 0 aliphatic heterocycles. The molecule has 5 nitrogen and oxygen atoms in total. The summed E-state index contributed by atoms with van der Waals surface area (Å²) in [4.78, 5) is 16.1. The van der Waals surface area contributed by atoms with E-state index in [1.54, 1.807) is 18.3 Å². The Labute approximate surface area is 187 Å². The lowest BCUT2D eigenvalue weighted by Gasteiger charge is -2.21. The zero-order chi connectivity index (χ0) is 23.3. The van der Waals surface area contributed by atoms with Crippen LogP contribution in [0.1, 0.15) is 35.7 Å². The number of carboxylic acid groups (broad SMARTS) is 1. The Bertz CT molecular complexity index is 1540. The maximum atomic E-state index is 15.2. The molecule has 5 aromatic rings. The van der Waals surface area contributed by atoms with Gasteiger partial charge in [-0.25, -0.2) is 18.6 Å². The van der Waals surface area contributed by atoms with Crippen molar-refractivity contribution in [2.75, 3.05) is 0 Å². The van der Waals surface area contributed by atoms with E-state index >= 15 is 4.39 Å². The number of nitrogens with one attached hydrogen (secondary N) is 1. The van der Waals surface area contributed by atoms with Crippen LogP contribution < -0.4 is 0 Å². The minimum absolute atomic E-state index is 0.0597. The molecule has 0 saturated carbocycles. The Morgan fingerprint density at radius 1 is 1.03 bits per heavy atom. The molecule has 0 aliphatic carbocycles. The van der Waals surface area contributed by atoms with Crippen LogP contribution >= 0.6 is 0 Å². The van der Waals surface area contributed by atoms with E-state index < -0.39 is 11.8 Å². The molecule has 0 radical (unpaired) electrons. The van der Waals surface area contributed by atoms with Gasteiger partial charge in [0, 0.05) is 16.3 Å². The molecule has 33 heavy (non-hydrogen) atoms. The van der Waals surface area contributed by atoms with Crippen LogP contribution in [0.15, 0.2) is 60.8 Å². The van der Waals surface area contributed by atoms with Crippen molar-refractivity contribution in [1.82, 2.24) is 15.2 Å². The lowest BCUT2D eigenvalue weighted by atomic mass is 9.86. The number of hydrogen-bond donors (Lipinski definition) is 2. The molecule has 3 aromatic carbocycles. The zero-order valence-corrected chi connectivity index (χ0v) is 17.9. The van der Waals surface area contributed by atoms with Gasteiger partial charge in [0.25, 0.3) is 0 Å². The first-order chi connectivity index (χ1) is 15.8. The Balaban J connectivity index is 1.92. The van der Waals surface area contributed by atoms with Gasteiger partial charge >= 0.3 is 5.97 Å². The van der Waals surface area contributed by atoms with Crippen LogP contribution in [0.25, 0.3) is 44.2 Å². The third kappa shape index (κ3) is 3.51. The normalized spacial score (nSPS) is 11.5. The summed E-state index contributed by atoms with van der Waals surface area (Å²) in [7, 11) is 0. The molecule has 0 bridgehead atoms. The van der Waals surface area contributed by atoms with Crippen molar-refractivity contribution in [3.63, 3.8) is 0 Å². The molecule has 5 rings (SSSR count). The zero-order valence-electron chi connectivity index (χ0n) is 17.9. The van der Waals surface area contributed by atoms with E-state index in [1.807, 2.05) is 26.0 Å². The van der Waals surface area contributed by atoms with E-state index in [1.165, 1.54) is 24.3 Å². The molecule has 2 aromatic heterocycles. The first-order valence-corrected chi connectivity index (χ1v) is 10.4. The molecular formula is C26H19F2N3O2. The summed E-state index contributed by atoms with van der Waals surface area (Å²) >= 11 is 0. The van der Waals surface area contributed by atoms with Gasteiger partial charge in [-0.2, -0.15) is 5.10 Å². The number of pyridine rings is 1. The van der Waals surface area contributed by atoms with Crippen molar-refractivity contribution >= 4 is 27.8 Å². The van der Waals surface area contributed by atoms with Gasteiger partial charge in [0.15, 0.2) is 0 Å². The molecule has 0 aliphatic rings. The van der Waals surface area contributed by atoms with Gasteiger partial charge in [-0.15, -0.1) is 0 Å². The van der Waals surface area contributed by atoms with Crippen molar-refractivity contribution in [2.24, 2.45) is 0 Å². The largest absolute Gasteiger partial charge is 0.478 e. The van der Waals surface area contributed by atoms with Gasteiger partial charge in [-0.1, -0.05) is 26.0 Å². The summed E-state index contributed by atoms with van der Waals surface area (Å²) in [6.45, 7) is 3.97. The minimum Gasteiger partial charge on any atom is -0.478 e. The first kappa shape index (κ1) is 20.8. The standard InChI is InChI=1S/C26H19F2N3O2/c1-13(2)23-24(14-3-6-17(27)7-4-14)19-9-16-12-29-31-21(16)11-22(19)30-25(23)18-8-5-15(26(32)33)10-20(18)28/h3-13H,1-2H3,(H,29,31)(H,32,33). The SMILES string of the molecule is CC(C)c1c(-c2ccc(C(=O)O)cc2F)nc2cc3[nH]ncc3cc2c1-c1ccc(F)cc1. The van der Waals surface area contributed by atoms with Crippen LogP contribution in [0.4, 0.5) is 8.78 Å². The van der Waals surface area contributed by atoms with E-state index in [-0.39, 0.29) is 22.9 Å². The molecule has 2 heterocycles. The van der Waals surface area contributed by atoms with Crippen molar-refractivity contribution in [2.45, 2.75) is 19.8 Å². The van der Waals surface area contributed by atoms with Gasteiger partial charge < -0.3 is 5.11 Å². The minimum atomic E-state index is -1.20. The molecule has 164 valence electrons. The Morgan fingerprint density at radius 2 is 1.79 bits per heavy atom. The van der Waals surface area contributed by atoms with E-state index in [0.29, 0.717) is 11.2 Å². The summed E-state index contributed by atoms with van der Waals surface area (Å²) in [5.41, 5.74) is 4.29. The number of benzene rings is 3. The van der Waals surface area contributed by atoms with Crippen LogP contribution in [-0.2, 0) is 0 Å². The van der Waals surface area contributed by atoms with Gasteiger partial charge in [-0.05, 0) is 65.1 Å². The second-order valence-corrected chi connectivity index (χ2v) is 8.24. The van der Waals surface area contributed by atoms with Crippen LogP contribution in [0, 0.1) is 11.6 Å². The highest BCUT2D eigenvalue weighted by Gasteiger charge is 2.23. The number of carboxylic acids is 1. The Hall–Kier alpha value is -4.13. The molecule has 0 amide bonds. The Kier molecular flexibility index (Phi) is 4.89. The smallest absolute Gasteiger partial charge is 0.335 e. The third-order valence-corrected chi connectivity index (χ3v) is 5.76. The lowest BCUT2D eigenvalue weighted by molar-refractivity contribution is 0.0696. The predicted octanol–water partition coefficient (Wildman–Crippen LogP) is 6.54. The van der Waals surface area contributed by atoms with E-state index in [4.69, 9.17) is 4.98 Å². The van der Waals surface area contributed by atoms with Gasteiger partial charge in [0.2, 0.25) is 0 Å². The van der Waals surface area contributed by atoms with Gasteiger partial charge in [0.05, 0.1) is 28.5 Å². The fourth-order valence-corrected chi connectivity index (χ4v) is 4.25. The average molecular weight is 443 g/mol. The number of aromatic amines is 1.